The average molecular weight is 220 g/mol. The standard InChI is InChI=1S/C7H6O2S.Zn/c8-4-5-1-2-7(10)6(9)3-5;/h1-4,9-10H;. The van der Waals surface area contributed by atoms with E-state index in [1.807, 2.05) is 0 Å². The van der Waals surface area contributed by atoms with Gasteiger partial charge in [0.2, 0.25) is 0 Å². The van der Waals surface area contributed by atoms with Crippen LogP contribution in [0.2, 0.25) is 0 Å². The molecule has 0 aromatic heterocycles. The molecule has 0 fully saturated rings. The first-order valence-electron chi connectivity index (χ1n) is 2.71. The Morgan fingerprint density at radius 1 is 1.45 bits per heavy atom. The van der Waals surface area contributed by atoms with Crippen molar-refractivity contribution in [3.8, 4) is 5.75 Å². The SMILES string of the molecule is O=Cc1ccc(S)c(O)c1.[Zn]. The summed E-state index contributed by atoms with van der Waals surface area (Å²) < 4.78 is 0. The number of hydrogen-bond acceptors (Lipinski definition) is 3. The molecule has 0 bridgehead atoms. The molecule has 1 rings (SSSR count). The van der Waals surface area contributed by atoms with Crippen LogP contribution in [0.1, 0.15) is 10.4 Å². The van der Waals surface area contributed by atoms with Gasteiger partial charge in [-0.05, 0) is 12.1 Å². The van der Waals surface area contributed by atoms with Crippen molar-refractivity contribution < 1.29 is 29.4 Å². The molecule has 0 saturated heterocycles. The second-order valence-corrected chi connectivity index (χ2v) is 2.35. The molecule has 0 saturated carbocycles. The van der Waals surface area contributed by atoms with Crippen molar-refractivity contribution in [3.05, 3.63) is 23.8 Å². The second kappa shape index (κ2) is 4.52. The summed E-state index contributed by atoms with van der Waals surface area (Å²) in [7, 11) is 0. The Morgan fingerprint density at radius 3 is 2.55 bits per heavy atom. The van der Waals surface area contributed by atoms with Crippen LogP contribution in [0.25, 0.3) is 0 Å². The molecule has 11 heavy (non-hydrogen) atoms. The number of thiol groups is 1. The molecule has 0 radical (unpaired) electrons. The normalized spacial score (nSPS) is 8.45. The third kappa shape index (κ3) is 2.64. The van der Waals surface area contributed by atoms with Crippen LogP contribution in [0.4, 0.5) is 0 Å². The van der Waals surface area contributed by atoms with Gasteiger partial charge >= 0.3 is 0 Å². The molecular formula is C7H6O2SZn. The summed E-state index contributed by atoms with van der Waals surface area (Å²) in [6.07, 6.45) is 0.674. The fourth-order valence-corrected chi connectivity index (χ4v) is 0.753. The Hall–Kier alpha value is -0.337. The van der Waals surface area contributed by atoms with Gasteiger partial charge in [-0.15, -0.1) is 12.6 Å². The maximum absolute atomic E-state index is 10.1. The van der Waals surface area contributed by atoms with Crippen molar-refractivity contribution in [1.82, 2.24) is 0 Å². The van der Waals surface area contributed by atoms with Crippen LogP contribution in [0.5, 0.6) is 5.75 Å². The van der Waals surface area contributed by atoms with Gasteiger partial charge in [-0.1, -0.05) is 6.07 Å². The molecule has 1 aromatic carbocycles. The fourth-order valence-electron chi connectivity index (χ4n) is 0.614. The van der Waals surface area contributed by atoms with E-state index in [9.17, 15) is 4.79 Å². The van der Waals surface area contributed by atoms with E-state index in [1.54, 1.807) is 12.1 Å². The molecule has 4 heteroatoms. The number of carbonyl (C=O) groups is 1. The number of benzene rings is 1. The summed E-state index contributed by atoms with van der Waals surface area (Å²) in [5, 5.41) is 9.00. The number of carbonyl (C=O) groups excluding carboxylic acids is 1. The fraction of sp³-hybridized carbons (Fsp3) is 0. The molecule has 0 unspecified atom stereocenters. The smallest absolute Gasteiger partial charge is 0.150 e. The van der Waals surface area contributed by atoms with Crippen molar-refractivity contribution in [2.75, 3.05) is 0 Å². The molecule has 1 N–H and O–H groups in total. The Balaban J connectivity index is 0.000001000. The number of aromatic hydroxyl groups is 1. The Morgan fingerprint density at radius 2 is 2.09 bits per heavy atom. The molecule has 0 spiro atoms. The summed E-state index contributed by atoms with van der Waals surface area (Å²) in [4.78, 5) is 10.6. The average Bonchev–Trinajstić information content (AvgIpc) is 1.95. The first kappa shape index (κ1) is 10.7. The van der Waals surface area contributed by atoms with Gasteiger partial charge in [-0.3, -0.25) is 4.79 Å². The minimum absolute atomic E-state index is 0. The van der Waals surface area contributed by atoms with E-state index in [0.717, 1.165) is 0 Å². The van der Waals surface area contributed by atoms with E-state index in [-0.39, 0.29) is 25.2 Å². The van der Waals surface area contributed by atoms with Crippen LogP contribution in [-0.2, 0) is 19.5 Å². The van der Waals surface area contributed by atoms with Crippen molar-refractivity contribution in [3.63, 3.8) is 0 Å². The molecule has 2 nitrogen and oxygen atoms in total. The molecule has 0 heterocycles. The third-order valence-corrected chi connectivity index (χ3v) is 1.51. The first-order chi connectivity index (χ1) is 4.74. The predicted molar refractivity (Wildman–Crippen MR) is 40.7 cm³/mol. The minimum Gasteiger partial charge on any atom is -0.507 e. The molecule has 0 amide bonds. The summed E-state index contributed by atoms with van der Waals surface area (Å²) in [5.41, 5.74) is 0.454. The third-order valence-electron chi connectivity index (χ3n) is 1.14. The number of phenols is 1. The summed E-state index contributed by atoms with van der Waals surface area (Å²) in [6, 6.07) is 4.53. The molecule has 0 aliphatic rings. The first-order valence-corrected chi connectivity index (χ1v) is 3.16. The zero-order valence-corrected chi connectivity index (χ0v) is 9.68. The van der Waals surface area contributed by atoms with Crippen LogP contribution < -0.4 is 0 Å². The number of aldehydes is 1. The topological polar surface area (TPSA) is 37.3 Å². The quantitative estimate of drug-likeness (QED) is 0.427. The summed E-state index contributed by atoms with van der Waals surface area (Å²) in [6.45, 7) is 0. The van der Waals surface area contributed by atoms with Gasteiger partial charge in [0.25, 0.3) is 0 Å². The Labute approximate surface area is 82.8 Å². The zero-order valence-electron chi connectivity index (χ0n) is 5.82. The van der Waals surface area contributed by atoms with E-state index >= 15 is 0 Å². The molecule has 1 aromatic rings. The van der Waals surface area contributed by atoms with Crippen molar-refractivity contribution >= 4 is 18.9 Å². The van der Waals surface area contributed by atoms with Crippen LogP contribution in [0, 0.1) is 0 Å². The maximum Gasteiger partial charge on any atom is 0.150 e. The molecular weight excluding hydrogens is 214 g/mol. The van der Waals surface area contributed by atoms with E-state index in [0.29, 0.717) is 16.7 Å². The largest absolute Gasteiger partial charge is 0.507 e. The van der Waals surface area contributed by atoms with Gasteiger partial charge in [0.15, 0.2) is 0 Å². The van der Waals surface area contributed by atoms with Gasteiger partial charge in [0.1, 0.15) is 12.0 Å². The summed E-state index contributed by atoms with van der Waals surface area (Å²) >= 11 is 3.92. The van der Waals surface area contributed by atoms with Crippen LogP contribution in [0.3, 0.4) is 0 Å². The van der Waals surface area contributed by atoms with Gasteiger partial charge in [0, 0.05) is 29.9 Å². The van der Waals surface area contributed by atoms with Gasteiger partial charge in [0.05, 0.1) is 0 Å². The van der Waals surface area contributed by atoms with Gasteiger partial charge in [-0.2, -0.15) is 0 Å². The molecule has 0 aliphatic carbocycles. The van der Waals surface area contributed by atoms with E-state index < -0.39 is 0 Å². The monoisotopic (exact) mass is 218 g/mol. The number of rotatable bonds is 1. The Kier molecular flexibility index (Phi) is 4.38. The maximum atomic E-state index is 10.1. The van der Waals surface area contributed by atoms with Gasteiger partial charge < -0.3 is 5.11 Å². The van der Waals surface area contributed by atoms with Crippen molar-refractivity contribution in [1.29, 1.82) is 0 Å². The molecule has 54 valence electrons. The molecule has 0 atom stereocenters. The zero-order chi connectivity index (χ0) is 7.56. The van der Waals surface area contributed by atoms with E-state index in [2.05, 4.69) is 12.6 Å². The second-order valence-electron chi connectivity index (χ2n) is 1.87. The predicted octanol–water partition coefficient (Wildman–Crippen LogP) is 1.49. The van der Waals surface area contributed by atoms with Gasteiger partial charge in [-0.25, -0.2) is 0 Å². The number of hydrogen-bond donors (Lipinski definition) is 2. The van der Waals surface area contributed by atoms with Crippen LogP contribution in [0.15, 0.2) is 23.1 Å². The van der Waals surface area contributed by atoms with E-state index in [4.69, 9.17) is 5.11 Å². The van der Waals surface area contributed by atoms with Crippen LogP contribution >= 0.6 is 12.6 Å². The number of phenolic OH excluding ortho intramolecular Hbond substituents is 1. The van der Waals surface area contributed by atoms with Crippen molar-refractivity contribution in [2.24, 2.45) is 0 Å². The van der Waals surface area contributed by atoms with Crippen molar-refractivity contribution in [2.45, 2.75) is 4.90 Å². The Bertz CT molecular complexity index is 263. The summed E-state index contributed by atoms with van der Waals surface area (Å²) in [5.74, 6) is 0.0351. The minimum atomic E-state index is 0. The van der Waals surface area contributed by atoms with E-state index in [1.165, 1.54) is 6.07 Å². The van der Waals surface area contributed by atoms with Crippen LogP contribution in [-0.4, -0.2) is 11.4 Å². The molecule has 0 aliphatic heterocycles.